The largest absolute Gasteiger partial charge is 0.443 e. The van der Waals surface area contributed by atoms with Gasteiger partial charge in [0.1, 0.15) is 5.60 Å². The van der Waals surface area contributed by atoms with Gasteiger partial charge in [-0.1, -0.05) is 60.7 Å². The summed E-state index contributed by atoms with van der Waals surface area (Å²) in [7, 11) is 3.44. The van der Waals surface area contributed by atoms with Crippen molar-refractivity contribution < 1.29 is 9.53 Å². The maximum atomic E-state index is 13.7. The van der Waals surface area contributed by atoms with E-state index in [4.69, 9.17) is 17.9 Å². The van der Waals surface area contributed by atoms with Gasteiger partial charge in [0.2, 0.25) is 0 Å². The monoisotopic (exact) mass is 858 g/mol. The molecule has 0 aliphatic rings. The molecule has 14 nitrogen and oxygen atoms in total. The molecule has 4 aromatic carbocycles. The zero-order chi connectivity index (χ0) is 46.1. The lowest BCUT2D eigenvalue weighted by molar-refractivity contribution is 0.0589. The molecule has 4 aromatic heterocycles. The van der Waals surface area contributed by atoms with Crippen molar-refractivity contribution >= 4 is 28.8 Å². The number of pyridine rings is 2. The summed E-state index contributed by atoms with van der Waals surface area (Å²) < 4.78 is 8.53. The van der Waals surface area contributed by atoms with Gasteiger partial charge in [-0.25, -0.2) is 34.4 Å². The van der Waals surface area contributed by atoms with Crippen LogP contribution in [-0.4, -0.2) is 54.9 Å². The van der Waals surface area contributed by atoms with E-state index >= 15 is 0 Å². The number of carbonyl (C=O) groups excluding carboxylic acids is 1. The average molecular weight is 859 g/mol. The molecule has 0 saturated carbocycles. The lowest BCUT2D eigenvalue weighted by Crippen LogP contribution is -2.34. The quantitative estimate of drug-likeness (QED) is 0.148. The molecule has 0 unspecified atom stereocenters. The lowest BCUT2D eigenvalue weighted by Gasteiger charge is -2.25. The number of rotatable bonds is 8. The van der Waals surface area contributed by atoms with Crippen LogP contribution in [0.25, 0.3) is 66.1 Å². The predicted molar refractivity (Wildman–Crippen MR) is 254 cm³/mol. The van der Waals surface area contributed by atoms with Crippen molar-refractivity contribution in [1.29, 1.82) is 0 Å². The first kappa shape index (κ1) is 44.1. The summed E-state index contributed by atoms with van der Waals surface area (Å²) in [5.41, 5.74) is 5.48. The van der Waals surface area contributed by atoms with Crippen LogP contribution in [0.4, 0.5) is 27.5 Å². The number of nitrogens with zero attached hydrogens (tertiary/aromatic N) is 9. The molecule has 0 radical (unpaired) electrons. The predicted octanol–water partition coefficient (Wildman–Crippen LogP) is 10.4. The van der Waals surface area contributed by atoms with Gasteiger partial charge in [-0.05, 0) is 92.6 Å². The number of anilines is 2. The topological polar surface area (TPSA) is 146 Å². The van der Waals surface area contributed by atoms with E-state index in [-0.39, 0.29) is 11.1 Å². The fourth-order valence-electron chi connectivity index (χ4n) is 6.77. The zero-order valence-corrected chi connectivity index (χ0v) is 36.2. The van der Waals surface area contributed by atoms with Gasteiger partial charge >= 0.3 is 6.09 Å². The summed E-state index contributed by atoms with van der Waals surface area (Å²) in [6.07, 6.45) is 9.45. The summed E-state index contributed by atoms with van der Waals surface area (Å²) in [5.74, 6) is 0.947. The molecule has 1 amide bonds. The van der Waals surface area contributed by atoms with Gasteiger partial charge in [0, 0.05) is 84.9 Å². The van der Waals surface area contributed by atoms with Gasteiger partial charge in [-0.2, -0.15) is 0 Å². The first-order valence-electron chi connectivity index (χ1n) is 20.3. The van der Waals surface area contributed by atoms with E-state index in [1.54, 1.807) is 161 Å². The Balaban J connectivity index is 0.000000198. The van der Waals surface area contributed by atoms with Crippen LogP contribution >= 0.6 is 0 Å². The molecule has 0 atom stereocenters. The van der Waals surface area contributed by atoms with E-state index in [9.17, 15) is 14.4 Å². The highest BCUT2D eigenvalue weighted by molar-refractivity contribution is 5.88. The number of hydrogen-bond acceptors (Lipinski definition) is 9. The second kappa shape index (κ2) is 19.4. The van der Waals surface area contributed by atoms with Crippen LogP contribution in [0, 0.1) is 13.1 Å². The second-order valence-electron chi connectivity index (χ2n) is 15.4. The minimum atomic E-state index is -0.644. The highest BCUT2D eigenvalue weighted by Gasteiger charge is 2.22. The Bertz CT molecular complexity index is 3220. The molecule has 0 spiro atoms. The number of ether oxygens (including phenoxy) is 1. The molecule has 4 heterocycles. The van der Waals surface area contributed by atoms with E-state index in [2.05, 4.69) is 34.9 Å². The summed E-state index contributed by atoms with van der Waals surface area (Å²) in [4.78, 5) is 65.7. The van der Waals surface area contributed by atoms with Crippen LogP contribution in [0.3, 0.4) is 0 Å². The van der Waals surface area contributed by atoms with E-state index in [0.717, 1.165) is 5.69 Å². The van der Waals surface area contributed by atoms with E-state index in [1.165, 1.54) is 9.47 Å². The van der Waals surface area contributed by atoms with Gasteiger partial charge in [0.05, 0.1) is 24.5 Å². The maximum Gasteiger partial charge on any atom is 0.414 e. The van der Waals surface area contributed by atoms with Crippen molar-refractivity contribution in [1.82, 2.24) is 29.1 Å². The van der Waals surface area contributed by atoms with E-state index < -0.39 is 11.7 Å². The fourth-order valence-corrected chi connectivity index (χ4v) is 6.77. The molecule has 65 heavy (non-hydrogen) atoms. The van der Waals surface area contributed by atoms with Crippen molar-refractivity contribution in [2.45, 2.75) is 26.4 Å². The van der Waals surface area contributed by atoms with Crippen LogP contribution < -0.4 is 21.3 Å². The van der Waals surface area contributed by atoms with Crippen molar-refractivity contribution in [3.05, 3.63) is 202 Å². The van der Waals surface area contributed by atoms with Crippen LogP contribution in [-0.2, 0) is 4.74 Å². The Morgan fingerprint density at radius 2 is 1.08 bits per heavy atom. The Labute approximate surface area is 375 Å². The molecule has 8 rings (SSSR count). The molecular formula is C51H42N10O4. The summed E-state index contributed by atoms with van der Waals surface area (Å²) >= 11 is 0. The Morgan fingerprint density at radius 3 is 1.54 bits per heavy atom. The number of para-hydroxylation sites is 2. The molecule has 0 aliphatic heterocycles. The minimum absolute atomic E-state index is 0.214. The number of nitrogens with one attached hydrogen (secondary N) is 1. The van der Waals surface area contributed by atoms with Crippen LogP contribution in [0.1, 0.15) is 20.8 Å². The summed E-state index contributed by atoms with van der Waals surface area (Å²) in [6, 6.07) is 35.6. The van der Waals surface area contributed by atoms with Gasteiger partial charge in [-0.3, -0.25) is 23.6 Å². The molecule has 14 heteroatoms. The molecule has 320 valence electrons. The first-order valence-corrected chi connectivity index (χ1v) is 20.3. The third-order valence-corrected chi connectivity index (χ3v) is 9.89. The van der Waals surface area contributed by atoms with Crippen LogP contribution in [0.15, 0.2) is 168 Å². The maximum absolute atomic E-state index is 13.7. The molecule has 8 aromatic rings. The van der Waals surface area contributed by atoms with Crippen LogP contribution in [0.5, 0.6) is 0 Å². The summed E-state index contributed by atoms with van der Waals surface area (Å²) in [6.45, 7) is 20.4. The molecular weight excluding hydrogens is 817 g/mol. The van der Waals surface area contributed by atoms with Gasteiger partial charge in [0.25, 0.3) is 11.1 Å². The Morgan fingerprint density at radius 1 is 0.615 bits per heavy atom. The highest BCUT2D eigenvalue weighted by atomic mass is 16.6. The smallest absolute Gasteiger partial charge is 0.414 e. The van der Waals surface area contributed by atoms with Crippen molar-refractivity contribution in [2.24, 2.45) is 0 Å². The number of amides is 1. The van der Waals surface area contributed by atoms with Gasteiger partial charge < -0.3 is 10.1 Å². The molecule has 1 N–H and O–H groups in total. The van der Waals surface area contributed by atoms with Crippen molar-refractivity contribution in [3.63, 3.8) is 0 Å². The van der Waals surface area contributed by atoms with Crippen molar-refractivity contribution in [2.75, 3.05) is 24.3 Å². The van der Waals surface area contributed by atoms with E-state index in [1.807, 2.05) is 37.4 Å². The lowest BCUT2D eigenvalue weighted by atomic mass is 10.0. The zero-order valence-electron chi connectivity index (χ0n) is 36.2. The molecule has 0 bridgehead atoms. The highest BCUT2D eigenvalue weighted by Crippen LogP contribution is 2.32. The third kappa shape index (κ3) is 10.0. The number of hydrogen-bond donors (Lipinski definition) is 1. The van der Waals surface area contributed by atoms with E-state index in [0.29, 0.717) is 73.5 Å². The normalized spacial score (nSPS) is 10.7. The van der Waals surface area contributed by atoms with Gasteiger partial charge in [0.15, 0.2) is 23.0 Å². The number of carbonyl (C=O) groups is 1. The second-order valence-corrected chi connectivity index (χ2v) is 15.4. The fraction of sp³-hybridized carbons (Fsp3) is 0.118. The minimum Gasteiger partial charge on any atom is -0.443 e. The van der Waals surface area contributed by atoms with Gasteiger partial charge in [-0.15, -0.1) is 0 Å². The van der Waals surface area contributed by atoms with Crippen LogP contribution in [0.2, 0.25) is 0 Å². The third-order valence-electron chi connectivity index (χ3n) is 9.89. The molecule has 0 aliphatic carbocycles. The Kier molecular flexibility index (Phi) is 13.1. The Hall–Kier alpha value is -9.01. The molecule has 0 fully saturated rings. The average Bonchev–Trinajstić information content (AvgIpc) is 3.34. The summed E-state index contributed by atoms with van der Waals surface area (Å²) in [5, 5.41) is 3.09. The number of benzene rings is 4. The molecule has 0 saturated heterocycles. The van der Waals surface area contributed by atoms with Crippen molar-refractivity contribution in [3.8, 4) is 56.4 Å². The first-order chi connectivity index (χ1) is 31.4. The number of aromatic nitrogens is 6. The standard InChI is InChI=1S/C28H25N5O3.C23H17N5O/c1-28(2,3)36-27(35)32(5)20-10-8-11-21(17-20)33-18-19(25-30-14-9-15-31-25)16-23(26(33)34)22-12-6-7-13-24(22)29-4;1-24-17-7-5-8-18(14-17)28-15-16(22-26-11-6-12-27-22)13-20(23(28)29)19-9-3-4-10-21(19)25-2/h6-18H,1-3,5H3;3-15,24H,1H3. The SMILES string of the molecule is [C-]#[N+]c1ccccc1-c1cc(-c2ncccn2)cn(-c2cccc(N(C)C(=O)OC(C)(C)C)c2)c1=O.[C-]#[N+]c1ccccc1-c1cc(-c2ncccn2)cn(-c2cccc(NC)c2)c1=O.